The fourth-order valence-electron chi connectivity index (χ4n) is 3.59. The molecule has 0 amide bonds. The molecule has 2 fully saturated rings. The van der Waals surface area contributed by atoms with Crippen LogP contribution in [0.4, 0.5) is 0 Å². The Bertz CT molecular complexity index is 261. The monoisotopic (exact) mass is 269 g/mol. The molecule has 0 bridgehead atoms. The third-order valence-corrected chi connectivity index (χ3v) is 4.82. The number of hydrogen-bond donors (Lipinski definition) is 1. The number of nitrogens with one attached hydrogen (secondary N) is 1. The second-order valence-corrected chi connectivity index (χ2v) is 6.68. The van der Waals surface area contributed by atoms with E-state index in [0.717, 1.165) is 44.6 Å². The third-order valence-electron chi connectivity index (χ3n) is 4.82. The van der Waals surface area contributed by atoms with Gasteiger partial charge in [-0.2, -0.15) is 0 Å². The maximum atomic E-state index is 6.02. The predicted octanol–water partition coefficient (Wildman–Crippen LogP) is 2.99. The highest BCUT2D eigenvalue weighted by atomic mass is 16.6. The van der Waals surface area contributed by atoms with Crippen LogP contribution >= 0.6 is 0 Å². The number of ether oxygens (including phenoxy) is 2. The fraction of sp³-hybridized carbons (Fsp3) is 1.00. The summed E-state index contributed by atoms with van der Waals surface area (Å²) in [4.78, 5) is 0. The zero-order valence-corrected chi connectivity index (χ0v) is 12.9. The Kier molecular flexibility index (Phi) is 5.67. The van der Waals surface area contributed by atoms with Gasteiger partial charge in [-0.05, 0) is 44.1 Å². The highest BCUT2D eigenvalue weighted by Gasteiger charge is 2.40. The van der Waals surface area contributed by atoms with Crippen LogP contribution < -0.4 is 5.32 Å². The smallest absolute Gasteiger partial charge is 0.0939 e. The number of rotatable bonds is 6. The van der Waals surface area contributed by atoms with E-state index in [4.69, 9.17) is 9.47 Å². The second-order valence-electron chi connectivity index (χ2n) is 6.68. The lowest BCUT2D eigenvalue weighted by atomic mass is 9.81. The normalized spacial score (nSPS) is 33.2. The molecule has 0 aliphatic carbocycles. The molecule has 0 aromatic heterocycles. The van der Waals surface area contributed by atoms with E-state index in [-0.39, 0.29) is 5.60 Å². The zero-order valence-electron chi connectivity index (χ0n) is 12.9. The van der Waals surface area contributed by atoms with Crippen LogP contribution in [0.3, 0.4) is 0 Å². The topological polar surface area (TPSA) is 30.5 Å². The Balaban J connectivity index is 1.78. The zero-order chi connectivity index (χ0) is 13.7. The van der Waals surface area contributed by atoms with Crippen molar-refractivity contribution in [1.29, 1.82) is 0 Å². The first kappa shape index (κ1) is 15.3. The van der Waals surface area contributed by atoms with Crippen molar-refractivity contribution in [2.45, 2.75) is 64.5 Å². The van der Waals surface area contributed by atoms with Crippen molar-refractivity contribution in [3.8, 4) is 0 Å². The standard InChI is InChI=1S/C16H31NO2/c1-4-17-15(13(2)3)6-5-14-7-9-19-16(11-14)8-10-18-12-16/h13-15,17H,4-12H2,1-3H3. The summed E-state index contributed by atoms with van der Waals surface area (Å²) in [6, 6.07) is 0.670. The summed E-state index contributed by atoms with van der Waals surface area (Å²) in [7, 11) is 0. The van der Waals surface area contributed by atoms with Crippen molar-refractivity contribution < 1.29 is 9.47 Å². The lowest BCUT2D eigenvalue weighted by Gasteiger charge is -2.37. The van der Waals surface area contributed by atoms with Crippen LogP contribution in [0.25, 0.3) is 0 Å². The molecule has 3 atom stereocenters. The summed E-state index contributed by atoms with van der Waals surface area (Å²) in [5.41, 5.74) is 0.0778. The molecule has 0 radical (unpaired) electrons. The molecule has 2 aliphatic heterocycles. The molecule has 112 valence electrons. The molecule has 3 nitrogen and oxygen atoms in total. The molecule has 3 heteroatoms. The summed E-state index contributed by atoms with van der Waals surface area (Å²) in [6.07, 6.45) is 6.18. The minimum atomic E-state index is 0.0778. The first-order valence-electron chi connectivity index (χ1n) is 8.10. The molecular weight excluding hydrogens is 238 g/mol. The van der Waals surface area contributed by atoms with Crippen molar-refractivity contribution in [3.05, 3.63) is 0 Å². The van der Waals surface area contributed by atoms with Crippen molar-refractivity contribution in [2.24, 2.45) is 11.8 Å². The summed E-state index contributed by atoms with van der Waals surface area (Å²) in [5, 5.41) is 3.63. The third kappa shape index (κ3) is 4.17. The van der Waals surface area contributed by atoms with Crippen LogP contribution in [-0.4, -0.2) is 38.0 Å². The summed E-state index contributed by atoms with van der Waals surface area (Å²) in [6.45, 7) is 10.6. The van der Waals surface area contributed by atoms with Gasteiger partial charge in [-0.25, -0.2) is 0 Å². The Labute approximate surface area is 118 Å². The van der Waals surface area contributed by atoms with Crippen LogP contribution in [0.1, 0.15) is 52.9 Å². The van der Waals surface area contributed by atoms with E-state index >= 15 is 0 Å². The highest BCUT2D eigenvalue weighted by Crippen LogP contribution is 2.37. The van der Waals surface area contributed by atoms with Gasteiger partial charge in [0.05, 0.1) is 12.2 Å². The van der Waals surface area contributed by atoms with Gasteiger partial charge in [-0.1, -0.05) is 20.8 Å². The van der Waals surface area contributed by atoms with Gasteiger partial charge in [-0.3, -0.25) is 0 Å². The Morgan fingerprint density at radius 2 is 2.16 bits per heavy atom. The van der Waals surface area contributed by atoms with Crippen LogP contribution in [0.5, 0.6) is 0 Å². The Hall–Kier alpha value is -0.120. The van der Waals surface area contributed by atoms with E-state index < -0.39 is 0 Å². The molecule has 0 aromatic rings. The quantitative estimate of drug-likeness (QED) is 0.804. The van der Waals surface area contributed by atoms with Crippen LogP contribution in [0, 0.1) is 11.8 Å². The van der Waals surface area contributed by atoms with Gasteiger partial charge < -0.3 is 14.8 Å². The Morgan fingerprint density at radius 3 is 2.79 bits per heavy atom. The van der Waals surface area contributed by atoms with Gasteiger partial charge in [0.2, 0.25) is 0 Å². The highest BCUT2D eigenvalue weighted by molar-refractivity contribution is 4.90. The van der Waals surface area contributed by atoms with E-state index in [0.29, 0.717) is 6.04 Å². The molecular formula is C16H31NO2. The van der Waals surface area contributed by atoms with E-state index in [1.54, 1.807) is 0 Å². The van der Waals surface area contributed by atoms with Crippen molar-refractivity contribution >= 4 is 0 Å². The largest absolute Gasteiger partial charge is 0.378 e. The number of hydrogen-bond acceptors (Lipinski definition) is 3. The van der Waals surface area contributed by atoms with Crippen molar-refractivity contribution in [1.82, 2.24) is 5.32 Å². The molecule has 0 saturated carbocycles. The van der Waals surface area contributed by atoms with E-state index in [2.05, 4.69) is 26.1 Å². The minimum Gasteiger partial charge on any atom is -0.378 e. The van der Waals surface area contributed by atoms with Crippen LogP contribution in [-0.2, 0) is 9.47 Å². The van der Waals surface area contributed by atoms with Gasteiger partial charge in [0.25, 0.3) is 0 Å². The SMILES string of the molecule is CCNC(CCC1CCOC2(CCOC2)C1)C(C)C. The lowest BCUT2D eigenvalue weighted by Crippen LogP contribution is -2.41. The average Bonchev–Trinajstić information content (AvgIpc) is 2.82. The predicted molar refractivity (Wildman–Crippen MR) is 78.4 cm³/mol. The summed E-state index contributed by atoms with van der Waals surface area (Å²) < 4.78 is 11.6. The van der Waals surface area contributed by atoms with Gasteiger partial charge in [0.15, 0.2) is 0 Å². The van der Waals surface area contributed by atoms with Gasteiger partial charge in [-0.15, -0.1) is 0 Å². The molecule has 1 spiro atoms. The molecule has 19 heavy (non-hydrogen) atoms. The van der Waals surface area contributed by atoms with Crippen LogP contribution in [0.2, 0.25) is 0 Å². The van der Waals surface area contributed by atoms with E-state index in [9.17, 15) is 0 Å². The van der Waals surface area contributed by atoms with Gasteiger partial charge in [0, 0.05) is 25.7 Å². The average molecular weight is 269 g/mol. The molecule has 0 aromatic carbocycles. The minimum absolute atomic E-state index is 0.0778. The van der Waals surface area contributed by atoms with E-state index in [1.807, 2.05) is 0 Å². The fourth-order valence-corrected chi connectivity index (χ4v) is 3.59. The molecule has 2 rings (SSSR count). The van der Waals surface area contributed by atoms with Crippen molar-refractivity contribution in [3.63, 3.8) is 0 Å². The Morgan fingerprint density at radius 1 is 1.32 bits per heavy atom. The molecule has 1 N–H and O–H groups in total. The summed E-state index contributed by atoms with van der Waals surface area (Å²) >= 11 is 0. The maximum absolute atomic E-state index is 6.02. The summed E-state index contributed by atoms with van der Waals surface area (Å²) in [5.74, 6) is 1.55. The lowest BCUT2D eigenvalue weighted by molar-refractivity contribution is -0.0993. The van der Waals surface area contributed by atoms with Crippen molar-refractivity contribution in [2.75, 3.05) is 26.4 Å². The second kappa shape index (κ2) is 7.05. The molecule has 2 heterocycles. The molecule has 2 saturated heterocycles. The molecule has 2 aliphatic rings. The maximum Gasteiger partial charge on any atom is 0.0939 e. The first-order chi connectivity index (χ1) is 9.15. The van der Waals surface area contributed by atoms with Gasteiger partial charge in [0.1, 0.15) is 0 Å². The van der Waals surface area contributed by atoms with Crippen LogP contribution in [0.15, 0.2) is 0 Å². The van der Waals surface area contributed by atoms with Gasteiger partial charge >= 0.3 is 0 Å². The molecule has 3 unspecified atom stereocenters. The first-order valence-corrected chi connectivity index (χ1v) is 8.10. The van der Waals surface area contributed by atoms with E-state index in [1.165, 1.54) is 25.7 Å².